The molecule has 44 heavy (non-hydrogen) atoms. The van der Waals surface area contributed by atoms with Gasteiger partial charge in [0.05, 0.1) is 28.0 Å². The number of ketones is 1. The summed E-state index contributed by atoms with van der Waals surface area (Å²) in [6, 6.07) is 18.6. The Hall–Kier alpha value is -5.01. The quantitative estimate of drug-likeness (QED) is 0.166. The molecule has 4 aromatic rings. The molecule has 1 N–H and O–H groups in total. The molecule has 2 fully saturated rings. The average molecular weight is 604 g/mol. The summed E-state index contributed by atoms with van der Waals surface area (Å²) in [6.07, 6.45) is 6.45. The summed E-state index contributed by atoms with van der Waals surface area (Å²) in [5, 5.41) is 13.1. The number of hydrogen-bond donors (Lipinski definition) is 1. The van der Waals surface area contributed by atoms with Crippen molar-refractivity contribution in [1.29, 1.82) is 5.26 Å². The van der Waals surface area contributed by atoms with Gasteiger partial charge in [0.2, 0.25) is 0 Å². The minimum absolute atomic E-state index is 0.0104. The van der Waals surface area contributed by atoms with Crippen LogP contribution < -0.4 is 15.0 Å². The van der Waals surface area contributed by atoms with Crippen molar-refractivity contribution >= 4 is 56.3 Å². The Morgan fingerprint density at radius 2 is 1.93 bits per heavy atom. The molecule has 1 atom stereocenters. The molecular formula is C34H29N5O4S. The first-order valence-corrected chi connectivity index (χ1v) is 15.5. The number of nitrogens with one attached hydrogen (secondary N) is 1. The molecule has 4 heterocycles. The van der Waals surface area contributed by atoms with Crippen LogP contribution in [0.15, 0.2) is 72.4 Å². The molecule has 2 aliphatic heterocycles. The molecule has 0 radical (unpaired) electrons. The van der Waals surface area contributed by atoms with Gasteiger partial charge in [-0.1, -0.05) is 24.3 Å². The van der Waals surface area contributed by atoms with Crippen molar-refractivity contribution in [3.63, 3.8) is 0 Å². The van der Waals surface area contributed by atoms with Crippen LogP contribution in [0.25, 0.3) is 10.2 Å². The van der Waals surface area contributed by atoms with Gasteiger partial charge in [0.1, 0.15) is 27.3 Å². The Morgan fingerprint density at radius 1 is 1.11 bits per heavy atom. The zero-order chi connectivity index (χ0) is 30.4. The van der Waals surface area contributed by atoms with Crippen LogP contribution in [-0.2, 0) is 4.79 Å². The number of allylic oxidation sites excluding steroid dienone is 2. The first-order chi connectivity index (χ1) is 21.4. The number of aromatic nitrogens is 1. The lowest BCUT2D eigenvalue weighted by molar-refractivity contribution is -0.116. The lowest BCUT2D eigenvalue weighted by atomic mass is 9.97. The van der Waals surface area contributed by atoms with Crippen LogP contribution in [0.1, 0.15) is 40.9 Å². The highest BCUT2D eigenvalue weighted by atomic mass is 32.1. The molecular weight excluding hydrogens is 574 g/mol. The van der Waals surface area contributed by atoms with E-state index in [2.05, 4.69) is 16.4 Å². The van der Waals surface area contributed by atoms with Crippen molar-refractivity contribution in [1.82, 2.24) is 9.88 Å². The van der Waals surface area contributed by atoms with Crippen LogP contribution in [-0.4, -0.2) is 40.7 Å². The molecule has 220 valence electrons. The predicted molar refractivity (Wildman–Crippen MR) is 169 cm³/mol. The van der Waals surface area contributed by atoms with E-state index in [1.807, 2.05) is 55.5 Å². The standard InChI is InChI=1S/C34H29N5O4S/c1-20-15-25(43-24-5-3-2-4-6-24)9-10-26(20)39-27-11-13-36-32-29(27)30(37-34(39)42)31(44-32)33(41)38-14-12-22(19-38)17-28(40)23(18-35)16-21-7-8-21/h2-6,9-11,13,15-16,21-22H,7-8,12,14,17,19H2,1H3,(H,37,42)/b23-16+/t22-/m1/s1. The van der Waals surface area contributed by atoms with E-state index in [1.54, 1.807) is 28.1 Å². The molecule has 0 bridgehead atoms. The molecule has 10 heteroatoms. The molecule has 2 aromatic heterocycles. The lowest BCUT2D eigenvalue weighted by Gasteiger charge is -2.30. The van der Waals surface area contributed by atoms with Crippen LogP contribution in [0.5, 0.6) is 11.5 Å². The van der Waals surface area contributed by atoms with Crippen molar-refractivity contribution in [3.05, 3.63) is 82.9 Å². The van der Waals surface area contributed by atoms with Crippen LogP contribution in [0.4, 0.5) is 21.9 Å². The van der Waals surface area contributed by atoms with E-state index in [9.17, 15) is 19.6 Å². The number of ether oxygens (including phenoxy) is 1. The lowest BCUT2D eigenvalue weighted by Crippen LogP contribution is -2.35. The Bertz CT molecular complexity index is 1890. The molecule has 3 amide bonds. The fraction of sp³-hybridized carbons (Fsp3) is 0.265. The second-order valence-corrected chi connectivity index (χ2v) is 12.5. The average Bonchev–Trinajstić information content (AvgIpc) is 3.60. The monoisotopic (exact) mass is 603 g/mol. The number of anilines is 3. The molecule has 1 aliphatic carbocycles. The summed E-state index contributed by atoms with van der Waals surface area (Å²) in [5.41, 5.74) is 2.91. The Labute approximate surface area is 258 Å². The number of Topliss-reactive ketones (excluding diaryl/α,β-unsaturated/α-hetero) is 1. The maximum atomic E-state index is 13.8. The number of hydrogen-bond acceptors (Lipinski definition) is 7. The number of aryl methyl sites for hydroxylation is 1. The highest BCUT2D eigenvalue weighted by molar-refractivity contribution is 7.21. The summed E-state index contributed by atoms with van der Waals surface area (Å²) < 4.78 is 5.98. The largest absolute Gasteiger partial charge is 0.457 e. The van der Waals surface area contributed by atoms with Gasteiger partial charge in [0.15, 0.2) is 5.78 Å². The fourth-order valence-corrected chi connectivity index (χ4v) is 7.02. The van der Waals surface area contributed by atoms with E-state index in [0.29, 0.717) is 57.9 Å². The number of amides is 3. The van der Waals surface area contributed by atoms with E-state index in [1.165, 1.54) is 11.3 Å². The third-order valence-corrected chi connectivity index (χ3v) is 9.41. The van der Waals surface area contributed by atoms with E-state index in [0.717, 1.165) is 29.5 Å². The van der Waals surface area contributed by atoms with Crippen LogP contribution in [0, 0.1) is 30.1 Å². The topological polar surface area (TPSA) is 116 Å². The van der Waals surface area contributed by atoms with Crippen LogP contribution in [0.2, 0.25) is 0 Å². The van der Waals surface area contributed by atoms with Gasteiger partial charge in [-0.15, -0.1) is 11.3 Å². The molecule has 9 nitrogen and oxygen atoms in total. The third-order valence-electron chi connectivity index (χ3n) is 8.32. The normalized spacial score (nSPS) is 17.9. The molecule has 0 spiro atoms. The summed E-state index contributed by atoms with van der Waals surface area (Å²) in [7, 11) is 0. The summed E-state index contributed by atoms with van der Waals surface area (Å²) in [6.45, 7) is 2.86. The van der Waals surface area contributed by atoms with Crippen molar-refractivity contribution in [2.45, 2.75) is 32.6 Å². The number of thiophene rings is 1. The van der Waals surface area contributed by atoms with Gasteiger partial charge >= 0.3 is 6.03 Å². The van der Waals surface area contributed by atoms with Crippen molar-refractivity contribution < 1.29 is 19.1 Å². The zero-order valence-electron chi connectivity index (χ0n) is 24.1. The number of benzene rings is 2. The Morgan fingerprint density at radius 3 is 2.68 bits per heavy atom. The van der Waals surface area contributed by atoms with Gasteiger partial charge in [-0.05, 0) is 80.0 Å². The fourth-order valence-electron chi connectivity index (χ4n) is 5.93. The molecule has 2 aromatic carbocycles. The maximum absolute atomic E-state index is 13.8. The smallest absolute Gasteiger partial charge is 0.331 e. The first kappa shape index (κ1) is 27.8. The van der Waals surface area contributed by atoms with Crippen molar-refractivity contribution in [3.8, 4) is 17.6 Å². The second kappa shape index (κ2) is 11.2. The molecule has 1 saturated carbocycles. The summed E-state index contributed by atoms with van der Waals surface area (Å²) >= 11 is 1.26. The number of carbonyl (C=O) groups is 3. The van der Waals surface area contributed by atoms with Gasteiger partial charge in [-0.3, -0.25) is 14.5 Å². The number of likely N-dealkylation sites (tertiary alicyclic amines) is 1. The second-order valence-electron chi connectivity index (χ2n) is 11.5. The van der Waals surface area contributed by atoms with Gasteiger partial charge in [-0.2, -0.15) is 5.26 Å². The minimum Gasteiger partial charge on any atom is -0.457 e. The van der Waals surface area contributed by atoms with Gasteiger partial charge in [-0.25, -0.2) is 9.78 Å². The zero-order valence-corrected chi connectivity index (χ0v) is 24.9. The van der Waals surface area contributed by atoms with Gasteiger partial charge in [0.25, 0.3) is 5.91 Å². The summed E-state index contributed by atoms with van der Waals surface area (Å²) in [5.74, 6) is 1.38. The molecule has 1 saturated heterocycles. The van der Waals surface area contributed by atoms with Gasteiger partial charge < -0.3 is 15.0 Å². The van der Waals surface area contributed by atoms with Crippen molar-refractivity contribution in [2.24, 2.45) is 11.8 Å². The van der Waals surface area contributed by atoms with E-state index >= 15 is 0 Å². The van der Waals surface area contributed by atoms with Crippen molar-refractivity contribution in [2.75, 3.05) is 23.3 Å². The highest BCUT2D eigenvalue weighted by Gasteiger charge is 2.36. The van der Waals surface area contributed by atoms with E-state index in [4.69, 9.17) is 4.74 Å². The van der Waals surface area contributed by atoms with E-state index < -0.39 is 0 Å². The van der Waals surface area contributed by atoms with Crippen LogP contribution >= 0.6 is 11.3 Å². The molecule has 0 unspecified atom stereocenters. The number of para-hydroxylation sites is 1. The molecule has 3 aliphatic rings. The third kappa shape index (κ3) is 5.20. The number of nitriles is 1. The highest BCUT2D eigenvalue weighted by Crippen LogP contribution is 2.47. The number of nitrogens with zero attached hydrogens (tertiary/aromatic N) is 4. The van der Waals surface area contributed by atoms with E-state index in [-0.39, 0.29) is 35.6 Å². The maximum Gasteiger partial charge on any atom is 0.331 e. The summed E-state index contributed by atoms with van der Waals surface area (Å²) in [4.78, 5) is 49.1. The van der Waals surface area contributed by atoms with Crippen LogP contribution in [0.3, 0.4) is 0 Å². The SMILES string of the molecule is Cc1cc(Oc2ccccc2)ccc1N1C(=O)Nc2c(C(=O)N3CC[C@H](CC(=O)/C(C#N)=C/C4CC4)C3)sc3nccc1c23. The number of carbonyl (C=O) groups excluding carboxylic acids is 3. The van der Waals surface area contributed by atoms with Gasteiger partial charge in [0, 0.05) is 25.7 Å². The number of urea groups is 1. The minimum atomic E-state index is -0.367. The number of pyridine rings is 1. The molecule has 7 rings (SSSR count). The Kier molecular flexibility index (Phi) is 7.10. The predicted octanol–water partition coefficient (Wildman–Crippen LogP) is 7.36. The number of rotatable bonds is 8. The first-order valence-electron chi connectivity index (χ1n) is 14.7. The Balaban J connectivity index is 1.13.